The fourth-order valence-corrected chi connectivity index (χ4v) is 2.62. The van der Waals surface area contributed by atoms with Gasteiger partial charge in [-0.3, -0.25) is 0 Å². The predicted molar refractivity (Wildman–Crippen MR) is 88.8 cm³/mol. The lowest BCUT2D eigenvalue weighted by molar-refractivity contribution is 0.448. The summed E-state index contributed by atoms with van der Waals surface area (Å²) in [6.45, 7) is 0. The van der Waals surface area contributed by atoms with E-state index in [0.29, 0.717) is 26.3 Å². The van der Waals surface area contributed by atoms with Crippen molar-refractivity contribution in [3.8, 4) is 17.1 Å². The Labute approximate surface area is 144 Å². The van der Waals surface area contributed by atoms with Crippen molar-refractivity contribution in [1.29, 1.82) is 0 Å². The van der Waals surface area contributed by atoms with Gasteiger partial charge >= 0.3 is 11.4 Å². The number of hydrogen-bond acceptors (Lipinski definition) is 4. The lowest BCUT2D eigenvalue weighted by Crippen LogP contribution is -2.33. The zero-order valence-corrected chi connectivity index (χ0v) is 13.6. The molecule has 3 rings (SSSR count). The second-order valence-electron chi connectivity index (χ2n) is 4.54. The largest absolute Gasteiger partial charge is 0.429 e. The predicted octanol–water partition coefficient (Wildman–Crippen LogP) is 3.81. The maximum atomic E-state index is 12.2. The Morgan fingerprint density at radius 1 is 0.870 bits per heavy atom. The van der Waals surface area contributed by atoms with Crippen molar-refractivity contribution in [2.45, 2.75) is 0 Å². The molecule has 0 bridgehead atoms. The topological polar surface area (TPSA) is 65.1 Å². The molecule has 0 aliphatic rings. The third-order valence-electron chi connectivity index (χ3n) is 2.95. The zero-order valence-electron chi connectivity index (χ0n) is 11.3. The van der Waals surface area contributed by atoms with Crippen LogP contribution in [-0.2, 0) is 0 Å². The van der Waals surface area contributed by atoms with Crippen molar-refractivity contribution >= 4 is 34.8 Å². The van der Waals surface area contributed by atoms with Gasteiger partial charge in [0.1, 0.15) is 0 Å². The molecule has 3 aromatic rings. The van der Waals surface area contributed by atoms with Crippen LogP contribution in [0.3, 0.4) is 0 Å². The van der Waals surface area contributed by atoms with E-state index in [-0.39, 0.29) is 5.89 Å². The van der Waals surface area contributed by atoms with Gasteiger partial charge in [-0.05, 0) is 42.5 Å². The molecule has 23 heavy (non-hydrogen) atoms. The van der Waals surface area contributed by atoms with E-state index in [1.54, 1.807) is 12.1 Å². The molecule has 8 heteroatoms. The van der Waals surface area contributed by atoms with E-state index in [1.165, 1.54) is 30.3 Å². The summed E-state index contributed by atoms with van der Waals surface area (Å²) in [5.74, 6) is -1.03. The van der Waals surface area contributed by atoms with Gasteiger partial charge in [0, 0.05) is 20.6 Å². The van der Waals surface area contributed by atoms with Gasteiger partial charge in [0.15, 0.2) is 0 Å². The Balaban J connectivity index is 2.16. The first-order chi connectivity index (χ1) is 10.9. The highest BCUT2D eigenvalue weighted by Crippen LogP contribution is 2.25. The first kappa shape index (κ1) is 15.8. The fourth-order valence-electron chi connectivity index (χ4n) is 1.97. The van der Waals surface area contributed by atoms with Gasteiger partial charge in [-0.25, -0.2) is 9.59 Å². The zero-order chi connectivity index (χ0) is 16.6. The van der Waals surface area contributed by atoms with Crippen molar-refractivity contribution in [2.24, 2.45) is 0 Å². The van der Waals surface area contributed by atoms with E-state index in [0.717, 1.165) is 4.57 Å². The van der Waals surface area contributed by atoms with Crippen LogP contribution in [0.25, 0.3) is 17.1 Å². The van der Waals surface area contributed by atoms with Gasteiger partial charge in [-0.1, -0.05) is 34.8 Å². The molecule has 1 heterocycles. The number of benzene rings is 2. The maximum Gasteiger partial charge on any atom is 0.429 e. The average molecular weight is 370 g/mol. The third-order valence-corrected chi connectivity index (χ3v) is 3.64. The summed E-state index contributed by atoms with van der Waals surface area (Å²) in [7, 11) is 0. The van der Waals surface area contributed by atoms with Gasteiger partial charge in [0.2, 0.25) is 5.89 Å². The van der Waals surface area contributed by atoms with Crippen LogP contribution in [0.2, 0.25) is 15.1 Å². The Bertz CT molecular complexity index is 943. The van der Waals surface area contributed by atoms with Crippen molar-refractivity contribution in [3.63, 3.8) is 0 Å². The van der Waals surface area contributed by atoms with Crippen LogP contribution in [0.5, 0.6) is 0 Å². The van der Waals surface area contributed by atoms with Crippen LogP contribution in [0.4, 0.5) is 0 Å². The van der Waals surface area contributed by atoms with E-state index in [1.807, 2.05) is 0 Å². The minimum absolute atomic E-state index is 0.158. The van der Waals surface area contributed by atoms with Crippen LogP contribution in [0.1, 0.15) is 0 Å². The van der Waals surface area contributed by atoms with E-state index >= 15 is 0 Å². The minimum Gasteiger partial charge on any atom is -0.390 e. The van der Waals surface area contributed by atoms with Crippen LogP contribution >= 0.6 is 34.8 Å². The normalized spacial score (nSPS) is 10.7. The maximum absolute atomic E-state index is 12.2. The molecule has 116 valence electrons. The van der Waals surface area contributed by atoms with Crippen LogP contribution in [-0.4, -0.2) is 9.55 Å². The minimum atomic E-state index is -0.876. The molecule has 0 saturated carbocycles. The monoisotopic (exact) mass is 368 g/mol. The number of hydrogen-bond donors (Lipinski definition) is 0. The Kier molecular flexibility index (Phi) is 4.26. The SMILES string of the molecule is O=c1nc(-c2cc(Cl)cc(Cl)c2)oc(=O)n1-c1ccc(Cl)cc1. The Hall–Kier alpha value is -2.08. The molecular weight excluding hydrogens is 363 g/mol. The summed E-state index contributed by atoms with van der Waals surface area (Å²) in [5, 5.41) is 1.14. The van der Waals surface area contributed by atoms with Crippen LogP contribution < -0.4 is 11.4 Å². The summed E-state index contributed by atoms with van der Waals surface area (Å²) in [4.78, 5) is 28.1. The van der Waals surface area contributed by atoms with E-state index in [2.05, 4.69) is 4.98 Å². The first-order valence-electron chi connectivity index (χ1n) is 6.30. The summed E-state index contributed by atoms with van der Waals surface area (Å²) in [6, 6.07) is 10.6. The van der Waals surface area contributed by atoms with Crippen molar-refractivity contribution in [2.75, 3.05) is 0 Å². The molecule has 0 amide bonds. The van der Waals surface area contributed by atoms with Crippen molar-refractivity contribution in [3.05, 3.63) is 78.6 Å². The number of halogens is 3. The highest BCUT2D eigenvalue weighted by Gasteiger charge is 2.13. The molecule has 0 atom stereocenters. The quantitative estimate of drug-likeness (QED) is 0.689. The molecule has 1 aromatic heterocycles. The molecule has 0 unspecified atom stereocenters. The number of aromatic nitrogens is 2. The molecule has 0 N–H and O–H groups in total. The Morgan fingerprint density at radius 2 is 1.48 bits per heavy atom. The standard InChI is InChI=1S/C15H7Cl3N2O3/c16-9-1-3-12(4-2-9)20-14(21)19-13(23-15(20)22)8-5-10(17)7-11(18)6-8/h1-7H. The molecule has 0 fully saturated rings. The molecule has 0 aliphatic heterocycles. The molecule has 0 aliphatic carbocycles. The van der Waals surface area contributed by atoms with Gasteiger partial charge in [0.05, 0.1) is 5.69 Å². The van der Waals surface area contributed by atoms with E-state index in [9.17, 15) is 9.59 Å². The van der Waals surface area contributed by atoms with Gasteiger partial charge in [-0.15, -0.1) is 0 Å². The summed E-state index contributed by atoms with van der Waals surface area (Å²) in [6.07, 6.45) is 0. The van der Waals surface area contributed by atoms with Gasteiger partial charge in [0.25, 0.3) is 0 Å². The lowest BCUT2D eigenvalue weighted by atomic mass is 10.2. The summed E-state index contributed by atoms with van der Waals surface area (Å²) in [5.41, 5.74) is -0.147. The fraction of sp³-hybridized carbons (Fsp3) is 0. The lowest BCUT2D eigenvalue weighted by Gasteiger charge is -2.05. The average Bonchev–Trinajstić information content (AvgIpc) is 2.47. The Morgan fingerprint density at radius 3 is 2.04 bits per heavy atom. The van der Waals surface area contributed by atoms with E-state index in [4.69, 9.17) is 39.2 Å². The van der Waals surface area contributed by atoms with Crippen molar-refractivity contribution in [1.82, 2.24) is 9.55 Å². The molecule has 2 aromatic carbocycles. The van der Waals surface area contributed by atoms with E-state index < -0.39 is 11.4 Å². The smallest absolute Gasteiger partial charge is 0.390 e. The van der Waals surface area contributed by atoms with Crippen LogP contribution in [0, 0.1) is 0 Å². The second kappa shape index (κ2) is 6.20. The third kappa shape index (κ3) is 3.32. The summed E-state index contributed by atoms with van der Waals surface area (Å²) < 4.78 is 5.91. The number of nitrogens with zero attached hydrogens (tertiary/aromatic N) is 2. The van der Waals surface area contributed by atoms with Crippen molar-refractivity contribution < 1.29 is 4.42 Å². The molecule has 0 saturated heterocycles. The molecule has 0 spiro atoms. The highest BCUT2D eigenvalue weighted by atomic mass is 35.5. The summed E-state index contributed by atoms with van der Waals surface area (Å²) >= 11 is 17.6. The second-order valence-corrected chi connectivity index (χ2v) is 5.85. The molecular formula is C15H7Cl3N2O3. The van der Waals surface area contributed by atoms with Gasteiger partial charge < -0.3 is 4.42 Å². The van der Waals surface area contributed by atoms with Gasteiger partial charge in [-0.2, -0.15) is 9.55 Å². The number of rotatable bonds is 2. The molecule has 0 radical (unpaired) electrons. The molecule has 5 nitrogen and oxygen atoms in total. The first-order valence-corrected chi connectivity index (χ1v) is 7.44. The highest BCUT2D eigenvalue weighted by molar-refractivity contribution is 6.35. The van der Waals surface area contributed by atoms with Crippen LogP contribution in [0.15, 0.2) is 56.5 Å².